The zero-order valence-corrected chi connectivity index (χ0v) is 44.6. The lowest BCUT2D eigenvalue weighted by Crippen LogP contribution is -2.47. The van der Waals surface area contributed by atoms with Crippen molar-refractivity contribution in [2.75, 3.05) is 55.2 Å². The molecule has 5 N–H and O–H groups in total. The van der Waals surface area contributed by atoms with Crippen LogP contribution in [0.3, 0.4) is 0 Å². The van der Waals surface area contributed by atoms with Crippen LogP contribution in [0.4, 0.5) is 30.2 Å². The van der Waals surface area contributed by atoms with Crippen LogP contribution >= 0.6 is 53.8 Å². The normalized spacial score (nSPS) is 14.1. The van der Waals surface area contributed by atoms with Crippen LogP contribution in [0.1, 0.15) is 54.2 Å². The van der Waals surface area contributed by atoms with E-state index in [9.17, 15) is 55.4 Å². The number of aryl methyl sites for hydroxylation is 2. The van der Waals surface area contributed by atoms with Gasteiger partial charge in [-0.25, -0.2) is 13.1 Å². The highest BCUT2D eigenvalue weighted by molar-refractivity contribution is 7.89. The molecule has 0 radical (unpaired) electrons. The largest absolute Gasteiger partial charge is 0.489 e. The van der Waals surface area contributed by atoms with Crippen molar-refractivity contribution in [3.05, 3.63) is 116 Å². The van der Waals surface area contributed by atoms with Gasteiger partial charge >= 0.3 is 12.1 Å². The van der Waals surface area contributed by atoms with E-state index >= 15 is 0 Å². The molecule has 19 nitrogen and oxygen atoms in total. The number of nitrogens with one attached hydrogen (secondary N) is 1. The summed E-state index contributed by atoms with van der Waals surface area (Å²) in [6.07, 6.45) is -2.19. The third-order valence-corrected chi connectivity index (χ3v) is 12.3. The molecule has 1 aliphatic rings. The predicted molar refractivity (Wildman–Crippen MR) is 272 cm³/mol. The average molecular weight is 1150 g/mol. The fourth-order valence-corrected chi connectivity index (χ4v) is 8.08. The van der Waals surface area contributed by atoms with Crippen LogP contribution in [0.25, 0.3) is 0 Å². The highest BCUT2D eigenvalue weighted by Gasteiger charge is 2.33. The Labute approximate surface area is 439 Å². The van der Waals surface area contributed by atoms with Gasteiger partial charge in [-0.15, -0.1) is 11.6 Å². The number of sulfonamides is 1. The lowest BCUT2D eigenvalue weighted by Gasteiger charge is -2.35. The third-order valence-electron chi connectivity index (χ3n) is 9.72. The highest BCUT2D eigenvalue weighted by atomic mass is 35.5. The summed E-state index contributed by atoms with van der Waals surface area (Å²) in [4.78, 5) is 67.0. The summed E-state index contributed by atoms with van der Waals surface area (Å²) in [5, 5.41) is 18.9. The molecule has 73 heavy (non-hydrogen) atoms. The number of nitrogens with two attached hydrogens (primary N) is 1. The summed E-state index contributed by atoms with van der Waals surface area (Å²) in [5.41, 5.74) is 6.71. The van der Waals surface area contributed by atoms with E-state index in [2.05, 4.69) is 13.8 Å². The van der Waals surface area contributed by atoms with Crippen LogP contribution in [-0.2, 0) is 52.7 Å². The molecule has 0 saturated heterocycles. The number of anilines is 2. The van der Waals surface area contributed by atoms with E-state index in [0.717, 1.165) is 59.6 Å². The molecule has 3 unspecified atom stereocenters. The number of para-hydroxylation sites is 3. The number of carboxylic acid groups (broad SMARTS) is 1. The van der Waals surface area contributed by atoms with Crippen LogP contribution in [0.5, 0.6) is 17.2 Å². The Kier molecular flexibility index (Phi) is 25.4. The first-order valence-electron chi connectivity index (χ1n) is 21.3. The minimum Gasteiger partial charge on any atom is -0.489 e. The third kappa shape index (κ3) is 20.5. The number of nitro groups is 1. The topological polar surface area (TPSA) is 275 Å². The van der Waals surface area contributed by atoms with Crippen molar-refractivity contribution in [3.63, 3.8) is 0 Å². The van der Waals surface area contributed by atoms with Gasteiger partial charge in [0.15, 0.2) is 12.2 Å². The van der Waals surface area contributed by atoms with Gasteiger partial charge in [-0.1, -0.05) is 79.0 Å². The maximum atomic E-state index is 12.7. The monoisotopic (exact) mass is 1150 g/mol. The van der Waals surface area contributed by atoms with Gasteiger partial charge < -0.3 is 34.8 Å². The van der Waals surface area contributed by atoms with Crippen LogP contribution in [0, 0.1) is 10.1 Å². The smallest absolute Gasteiger partial charge is 0.416 e. The molecule has 402 valence electrons. The summed E-state index contributed by atoms with van der Waals surface area (Å²) >= 11 is 22.7. The SMILES string of the molecule is CC1COc2ccccc2N1C(=O)C(Cl)Cl.CCc1cccc(CC)c1N(COC)C(=O)CCl.CP(=O)(O)CCC(N)C(=O)O.CS(=O)(=O)NC(=O)c1cc(Oc2ccc(C(F)(F)F)cc2Cl)ccc1[N+](=O)[O-]. The van der Waals surface area contributed by atoms with Crippen molar-refractivity contribution in [1.29, 1.82) is 0 Å². The Hall–Kier alpha value is -5.23. The van der Waals surface area contributed by atoms with Gasteiger partial charge in [0, 0.05) is 32.1 Å². The molecule has 4 aromatic rings. The maximum Gasteiger partial charge on any atom is 0.416 e. The second-order valence-electron chi connectivity index (χ2n) is 15.5. The minimum absolute atomic E-state index is 0.0371. The van der Waals surface area contributed by atoms with E-state index in [1.54, 1.807) is 21.6 Å². The first-order chi connectivity index (χ1) is 33.9. The van der Waals surface area contributed by atoms with E-state index in [4.69, 9.17) is 76.3 Å². The summed E-state index contributed by atoms with van der Waals surface area (Å²) in [6.45, 7) is 7.91. The summed E-state index contributed by atoms with van der Waals surface area (Å²) < 4.78 is 88.5. The van der Waals surface area contributed by atoms with Gasteiger partial charge in [-0.2, -0.15) is 13.2 Å². The molecular formula is C45H53Cl4F3N5O14PS. The number of amides is 3. The predicted octanol–water partition coefficient (Wildman–Crippen LogP) is 9.03. The highest BCUT2D eigenvalue weighted by Crippen LogP contribution is 2.38. The number of benzene rings is 4. The molecule has 0 saturated carbocycles. The van der Waals surface area contributed by atoms with Gasteiger partial charge in [0.05, 0.1) is 39.2 Å². The van der Waals surface area contributed by atoms with Gasteiger partial charge in [0.25, 0.3) is 17.5 Å². The molecule has 0 aromatic heterocycles. The molecule has 3 amide bonds. The van der Waals surface area contributed by atoms with Gasteiger partial charge in [0.1, 0.15) is 48.1 Å². The molecule has 0 spiro atoms. The van der Waals surface area contributed by atoms with Gasteiger partial charge in [-0.3, -0.25) is 38.8 Å². The number of carbonyl (C=O) groups is 4. The van der Waals surface area contributed by atoms with Gasteiger partial charge in [0.2, 0.25) is 15.9 Å². The molecule has 0 bridgehead atoms. The van der Waals surface area contributed by atoms with Crippen molar-refractivity contribution >= 4 is 105 Å². The molecule has 0 aliphatic carbocycles. The zero-order chi connectivity index (χ0) is 55.6. The number of hydrogen-bond acceptors (Lipinski definition) is 13. The quantitative estimate of drug-likeness (QED) is 0.0268. The second kappa shape index (κ2) is 29.0. The fraction of sp³-hybridized carbons (Fsp3) is 0.378. The zero-order valence-electron chi connectivity index (χ0n) is 39.9. The number of alkyl halides is 6. The van der Waals surface area contributed by atoms with E-state index in [1.807, 2.05) is 49.4 Å². The molecule has 5 rings (SSSR count). The molecule has 4 aromatic carbocycles. The molecular weight excluding hydrogens is 1100 g/mol. The van der Waals surface area contributed by atoms with Crippen molar-refractivity contribution in [3.8, 4) is 17.2 Å². The number of carboxylic acids is 1. The number of aliphatic carboxylic acids is 1. The number of carbonyl (C=O) groups excluding carboxylic acids is 3. The Morgan fingerprint density at radius 3 is 2.12 bits per heavy atom. The minimum atomic E-state index is -4.62. The van der Waals surface area contributed by atoms with Gasteiger partial charge in [-0.05, 0) is 73.7 Å². The number of hydrogen-bond donors (Lipinski definition) is 4. The summed E-state index contributed by atoms with van der Waals surface area (Å²) in [6, 6.07) is 17.4. The molecule has 28 heteroatoms. The summed E-state index contributed by atoms with van der Waals surface area (Å²) in [7, 11) is -5.53. The molecule has 1 heterocycles. The van der Waals surface area contributed by atoms with Crippen LogP contribution < -0.4 is 29.7 Å². The Morgan fingerprint density at radius 2 is 1.64 bits per heavy atom. The lowest BCUT2D eigenvalue weighted by atomic mass is 10.0. The van der Waals surface area contributed by atoms with Crippen LogP contribution in [-0.4, -0.2) is 109 Å². The number of nitrogens with zero attached hydrogens (tertiary/aromatic N) is 3. The molecule has 3 atom stereocenters. The molecule has 0 fully saturated rings. The average Bonchev–Trinajstić information content (AvgIpc) is 3.31. The maximum absolute atomic E-state index is 12.7. The lowest BCUT2D eigenvalue weighted by molar-refractivity contribution is -0.385. The van der Waals surface area contributed by atoms with Crippen LogP contribution in [0.15, 0.2) is 78.9 Å². The van der Waals surface area contributed by atoms with Crippen LogP contribution in [0.2, 0.25) is 5.02 Å². The Morgan fingerprint density at radius 1 is 1.04 bits per heavy atom. The van der Waals surface area contributed by atoms with E-state index in [1.165, 1.54) is 6.66 Å². The summed E-state index contributed by atoms with van der Waals surface area (Å²) in [5.74, 6) is -2.62. The molecule has 1 aliphatic heterocycles. The Bertz CT molecular complexity index is 2720. The van der Waals surface area contributed by atoms with E-state index in [0.29, 0.717) is 30.7 Å². The van der Waals surface area contributed by atoms with E-state index in [-0.39, 0.29) is 54.5 Å². The number of fused-ring (bicyclic) bond motifs is 1. The standard InChI is InChI=1S/C15H10ClF3N2O6S.C14H20ClNO2.C11H11Cl2NO2.C5H12NO4P/c1-28(25,26)20-14(22)10-7-9(3-4-12(10)21(23)24)27-13-5-2-8(6-11(13)16)15(17,18)19;1-4-11-7-6-8-12(5-2)14(11)16(10-18-3)13(17)9-15;1-7-6-16-9-5-3-2-4-8(9)14(7)11(15)10(12)13;1-11(9,10)3-2-4(6)5(7)8/h2-7H,1H3,(H,20,22);6-8H,4-5,9-10H2,1-3H3;2-5,7,10H,6H2,1H3;4H,2-3,6H2,1H3,(H,7,8)(H,9,10). The van der Waals surface area contributed by atoms with Crippen molar-refractivity contribution < 1.29 is 74.5 Å². The number of methoxy groups -OCH3 is 1. The first-order valence-corrected chi connectivity index (χ1v) is 27.3. The number of halogens is 7. The fourth-order valence-electron chi connectivity index (χ4n) is 6.30. The number of rotatable bonds is 16. The second-order valence-corrected chi connectivity index (χ2v) is 21.6. The van der Waals surface area contributed by atoms with Crippen molar-refractivity contribution in [1.82, 2.24) is 4.72 Å². The van der Waals surface area contributed by atoms with Crippen molar-refractivity contribution in [2.45, 2.75) is 63.1 Å². The van der Waals surface area contributed by atoms with E-state index < -0.39 is 73.1 Å². The number of nitro benzene ring substituents is 1. The Balaban J connectivity index is 0.000000353. The van der Waals surface area contributed by atoms with Crippen molar-refractivity contribution in [2.24, 2.45) is 5.73 Å². The number of ether oxygens (including phenoxy) is 3. The first kappa shape index (κ1) is 63.9.